The number of nitrogens with two attached hydrogens (primary N) is 2. The second-order valence-electron chi connectivity index (χ2n) is 7.41. The van der Waals surface area contributed by atoms with Crippen LogP contribution in [0.3, 0.4) is 0 Å². The lowest BCUT2D eigenvalue weighted by Crippen LogP contribution is -2.23. The normalized spacial score (nSPS) is 20.9. The number of hydrogen-bond donors (Lipinski definition) is 2. The number of nitrogen functional groups attached to an aromatic ring is 2. The Kier molecular flexibility index (Phi) is 5.27. The maximum absolute atomic E-state index is 13.1. The Labute approximate surface area is 155 Å². The highest BCUT2D eigenvalue weighted by molar-refractivity contribution is 6.14. The first kappa shape index (κ1) is 18.0. The van der Waals surface area contributed by atoms with Crippen molar-refractivity contribution in [1.82, 2.24) is 0 Å². The van der Waals surface area contributed by atoms with Crippen molar-refractivity contribution in [2.24, 2.45) is 11.8 Å². The van der Waals surface area contributed by atoms with Gasteiger partial charge in [-0.1, -0.05) is 38.1 Å². The topological polar surface area (TPSA) is 69.1 Å². The summed E-state index contributed by atoms with van der Waals surface area (Å²) in [5.74, 6) is 1.14. The van der Waals surface area contributed by atoms with E-state index in [9.17, 15) is 4.79 Å². The third-order valence-corrected chi connectivity index (χ3v) is 5.05. The first-order valence-electron chi connectivity index (χ1n) is 9.09. The zero-order chi connectivity index (χ0) is 18.7. The number of carbonyl (C=O) groups is 1. The lowest BCUT2D eigenvalue weighted by Gasteiger charge is -2.28. The number of anilines is 2. The van der Waals surface area contributed by atoms with Gasteiger partial charge in [0.1, 0.15) is 0 Å². The zero-order valence-corrected chi connectivity index (χ0v) is 15.4. The number of allylic oxidation sites excluding steroid dienone is 2. The fourth-order valence-electron chi connectivity index (χ4n) is 3.34. The average Bonchev–Trinajstić information content (AvgIpc) is 2.62. The smallest absolute Gasteiger partial charge is 0.185 e. The van der Waals surface area contributed by atoms with Crippen LogP contribution < -0.4 is 11.5 Å². The van der Waals surface area contributed by atoms with Crippen molar-refractivity contribution < 1.29 is 4.79 Å². The quantitative estimate of drug-likeness (QED) is 0.610. The number of Topliss-reactive ketones (excluding diaryl/α,β-unsaturated/α-hetero) is 1. The Balaban J connectivity index is 1.95. The minimum Gasteiger partial charge on any atom is -0.399 e. The van der Waals surface area contributed by atoms with Gasteiger partial charge in [0, 0.05) is 22.5 Å². The molecule has 0 spiro atoms. The molecule has 0 aliphatic heterocycles. The summed E-state index contributed by atoms with van der Waals surface area (Å²) in [6, 6.07) is 15.3. The van der Waals surface area contributed by atoms with E-state index in [0.29, 0.717) is 11.8 Å². The van der Waals surface area contributed by atoms with E-state index in [1.807, 2.05) is 60.7 Å². The van der Waals surface area contributed by atoms with Crippen molar-refractivity contribution in [1.29, 1.82) is 0 Å². The van der Waals surface area contributed by atoms with Crippen LogP contribution in [0.1, 0.15) is 37.8 Å². The molecule has 0 unspecified atom stereocenters. The van der Waals surface area contributed by atoms with Crippen LogP contribution in [-0.2, 0) is 4.79 Å². The largest absolute Gasteiger partial charge is 0.399 e. The van der Waals surface area contributed by atoms with Crippen LogP contribution in [0.4, 0.5) is 11.4 Å². The Hall–Kier alpha value is -2.81. The van der Waals surface area contributed by atoms with Crippen LogP contribution in [0.5, 0.6) is 0 Å². The average molecular weight is 346 g/mol. The molecular formula is C23H26N2O. The summed E-state index contributed by atoms with van der Waals surface area (Å²) in [6.07, 6.45) is 5.65. The Morgan fingerprint density at radius 2 is 1.19 bits per heavy atom. The summed E-state index contributed by atoms with van der Waals surface area (Å²) in [5, 5.41) is 0. The minimum absolute atomic E-state index is 0.149. The molecule has 0 atom stereocenters. The first-order chi connectivity index (χ1) is 12.4. The van der Waals surface area contributed by atoms with Gasteiger partial charge in [0.2, 0.25) is 0 Å². The van der Waals surface area contributed by atoms with Gasteiger partial charge in [-0.15, -0.1) is 0 Å². The van der Waals surface area contributed by atoms with Crippen LogP contribution in [-0.4, -0.2) is 5.78 Å². The van der Waals surface area contributed by atoms with E-state index in [2.05, 4.69) is 13.8 Å². The fraction of sp³-hybridized carbons (Fsp3) is 0.261. The maximum Gasteiger partial charge on any atom is 0.185 e. The Morgan fingerprint density at radius 1 is 0.808 bits per heavy atom. The van der Waals surface area contributed by atoms with Crippen LogP contribution in [0, 0.1) is 11.8 Å². The van der Waals surface area contributed by atoms with E-state index in [1.165, 1.54) is 0 Å². The predicted octanol–water partition coefficient (Wildman–Crippen LogP) is 4.95. The van der Waals surface area contributed by atoms with Gasteiger partial charge in [-0.2, -0.15) is 0 Å². The Bertz CT molecular complexity index is 775. The van der Waals surface area contributed by atoms with Gasteiger partial charge in [-0.25, -0.2) is 0 Å². The van der Waals surface area contributed by atoms with E-state index < -0.39 is 0 Å². The molecule has 3 rings (SSSR count). The molecule has 0 heterocycles. The van der Waals surface area contributed by atoms with Crippen LogP contribution in [0.15, 0.2) is 59.7 Å². The van der Waals surface area contributed by atoms with Gasteiger partial charge in [0.15, 0.2) is 5.78 Å². The molecule has 134 valence electrons. The van der Waals surface area contributed by atoms with Gasteiger partial charge in [-0.3, -0.25) is 4.79 Å². The monoisotopic (exact) mass is 346 g/mol. The summed E-state index contributed by atoms with van der Waals surface area (Å²) >= 11 is 0. The molecule has 0 aromatic heterocycles. The molecule has 0 radical (unpaired) electrons. The van der Waals surface area contributed by atoms with Gasteiger partial charge >= 0.3 is 0 Å². The second-order valence-corrected chi connectivity index (χ2v) is 7.41. The van der Waals surface area contributed by atoms with Gasteiger partial charge < -0.3 is 11.5 Å². The van der Waals surface area contributed by atoms with Crippen molar-refractivity contribution in [2.75, 3.05) is 11.5 Å². The highest BCUT2D eigenvalue weighted by Gasteiger charge is 2.29. The lowest BCUT2D eigenvalue weighted by atomic mass is 9.75. The predicted molar refractivity (Wildman–Crippen MR) is 110 cm³/mol. The molecule has 1 aliphatic carbocycles. The summed E-state index contributed by atoms with van der Waals surface area (Å²) in [4.78, 5) is 13.1. The molecule has 0 bridgehead atoms. The highest BCUT2D eigenvalue weighted by Crippen LogP contribution is 2.36. The summed E-state index contributed by atoms with van der Waals surface area (Å²) in [7, 11) is 0. The van der Waals surface area contributed by atoms with Gasteiger partial charge in [0.05, 0.1) is 0 Å². The van der Waals surface area contributed by atoms with Gasteiger partial charge in [0.25, 0.3) is 0 Å². The molecule has 2 aromatic carbocycles. The molecule has 1 saturated carbocycles. The van der Waals surface area contributed by atoms with E-state index >= 15 is 0 Å². The van der Waals surface area contributed by atoms with Gasteiger partial charge in [-0.05, 0) is 72.2 Å². The van der Waals surface area contributed by atoms with Crippen LogP contribution >= 0.6 is 0 Å². The molecule has 2 aromatic rings. The lowest BCUT2D eigenvalue weighted by molar-refractivity contribution is -0.113. The fourth-order valence-corrected chi connectivity index (χ4v) is 3.34. The van der Waals surface area contributed by atoms with Crippen molar-refractivity contribution in [3.63, 3.8) is 0 Å². The first-order valence-corrected chi connectivity index (χ1v) is 9.09. The Morgan fingerprint density at radius 3 is 1.54 bits per heavy atom. The molecule has 1 aliphatic rings. The molecule has 0 saturated heterocycles. The van der Waals surface area contributed by atoms with E-state index in [1.54, 1.807) is 0 Å². The summed E-state index contributed by atoms with van der Waals surface area (Å²) in [5.41, 5.74) is 16.8. The zero-order valence-electron chi connectivity index (χ0n) is 15.4. The molecule has 3 heteroatoms. The van der Waals surface area contributed by atoms with E-state index in [4.69, 9.17) is 11.5 Å². The van der Waals surface area contributed by atoms with Crippen molar-refractivity contribution in [3.05, 3.63) is 70.8 Å². The molecule has 0 amide bonds. The third-order valence-electron chi connectivity index (χ3n) is 5.05. The van der Waals surface area contributed by atoms with E-state index in [-0.39, 0.29) is 5.78 Å². The van der Waals surface area contributed by atoms with Crippen molar-refractivity contribution in [2.45, 2.75) is 26.7 Å². The highest BCUT2D eigenvalue weighted by atomic mass is 16.1. The van der Waals surface area contributed by atoms with Crippen molar-refractivity contribution >= 4 is 29.3 Å². The molecule has 1 fully saturated rings. The minimum atomic E-state index is 0.149. The number of hydrogen-bond acceptors (Lipinski definition) is 3. The molecule has 4 N–H and O–H groups in total. The number of ketones is 1. The SMILES string of the molecule is CC(C)C1CC(=Cc2ccc(N)cc2)C(=O)C(=Cc2ccc(N)cc2)C1. The van der Waals surface area contributed by atoms with E-state index in [0.717, 1.165) is 46.5 Å². The summed E-state index contributed by atoms with van der Waals surface area (Å²) < 4.78 is 0. The number of rotatable bonds is 3. The number of carbonyl (C=O) groups excluding carboxylic acids is 1. The molecule has 26 heavy (non-hydrogen) atoms. The maximum atomic E-state index is 13.1. The van der Waals surface area contributed by atoms with Crippen LogP contribution in [0.2, 0.25) is 0 Å². The third kappa shape index (κ3) is 4.23. The van der Waals surface area contributed by atoms with Crippen LogP contribution in [0.25, 0.3) is 12.2 Å². The molecule has 3 nitrogen and oxygen atoms in total. The van der Waals surface area contributed by atoms with Crippen molar-refractivity contribution in [3.8, 4) is 0 Å². The summed E-state index contributed by atoms with van der Waals surface area (Å²) in [6.45, 7) is 4.45. The second kappa shape index (κ2) is 7.61. The standard InChI is InChI=1S/C23H26N2O/c1-15(2)18-13-19(11-16-3-7-21(24)8-4-16)23(26)20(14-18)12-17-5-9-22(25)10-6-17/h3-12,15,18H,13-14,24-25H2,1-2H3. The number of benzene rings is 2. The molecular weight excluding hydrogens is 320 g/mol.